The van der Waals surface area contributed by atoms with Gasteiger partial charge < -0.3 is 19.7 Å². The van der Waals surface area contributed by atoms with E-state index in [1.54, 1.807) is 12.3 Å². The third-order valence-electron chi connectivity index (χ3n) is 4.74. The van der Waals surface area contributed by atoms with Crippen LogP contribution in [0.25, 0.3) is 0 Å². The van der Waals surface area contributed by atoms with Crippen molar-refractivity contribution >= 4 is 11.7 Å². The molecule has 0 spiro atoms. The Labute approximate surface area is 153 Å². The Morgan fingerprint density at radius 3 is 2.77 bits per heavy atom. The number of nitrogens with one attached hydrogen (secondary N) is 1. The monoisotopic (exact) mass is 353 g/mol. The maximum absolute atomic E-state index is 12.7. The van der Waals surface area contributed by atoms with Crippen LogP contribution in [-0.4, -0.2) is 43.2 Å². The van der Waals surface area contributed by atoms with Crippen molar-refractivity contribution in [2.75, 3.05) is 31.1 Å². The highest BCUT2D eigenvalue weighted by atomic mass is 16.6. The zero-order valence-corrected chi connectivity index (χ0v) is 14.7. The van der Waals surface area contributed by atoms with E-state index in [0.717, 1.165) is 37.5 Å². The third-order valence-corrected chi connectivity index (χ3v) is 4.74. The molecule has 1 fully saturated rings. The van der Waals surface area contributed by atoms with E-state index >= 15 is 0 Å². The summed E-state index contributed by atoms with van der Waals surface area (Å²) in [6, 6.07) is 11.2. The number of nitrogens with zero attached hydrogens (tertiary/aromatic N) is 2. The standard InChI is InChI=1S/C20H23N3O3/c24-20(16-7-6-10-21-19(16)23-11-4-1-5-12-23)22-13-15-14-25-17-8-2-3-9-18(17)26-15/h2-3,6-10,15H,1,4-5,11-14H2,(H,22,24). The highest BCUT2D eigenvalue weighted by molar-refractivity contribution is 5.98. The molecule has 0 aliphatic carbocycles. The van der Waals surface area contributed by atoms with E-state index in [1.165, 1.54) is 6.42 Å². The van der Waals surface area contributed by atoms with Gasteiger partial charge >= 0.3 is 0 Å². The predicted octanol–water partition coefficient (Wildman–Crippen LogP) is 2.64. The van der Waals surface area contributed by atoms with Crippen molar-refractivity contribution in [3.8, 4) is 11.5 Å². The minimum absolute atomic E-state index is 0.124. The zero-order chi connectivity index (χ0) is 17.8. The average molecular weight is 353 g/mol. The molecule has 136 valence electrons. The molecule has 4 rings (SSSR count). The van der Waals surface area contributed by atoms with Crippen LogP contribution in [0.1, 0.15) is 29.6 Å². The number of pyridine rings is 1. The molecule has 6 heteroatoms. The number of benzene rings is 1. The molecule has 0 radical (unpaired) electrons. The normalized spacial score (nSPS) is 19.1. The lowest BCUT2D eigenvalue weighted by Gasteiger charge is -2.29. The first-order valence-electron chi connectivity index (χ1n) is 9.18. The first-order chi connectivity index (χ1) is 12.8. The molecule has 0 bridgehead atoms. The van der Waals surface area contributed by atoms with Crippen LogP contribution in [-0.2, 0) is 0 Å². The number of aromatic nitrogens is 1. The predicted molar refractivity (Wildman–Crippen MR) is 99.0 cm³/mol. The lowest BCUT2D eigenvalue weighted by atomic mass is 10.1. The highest BCUT2D eigenvalue weighted by Crippen LogP contribution is 2.30. The fraction of sp³-hybridized carbons (Fsp3) is 0.400. The number of para-hydroxylation sites is 2. The SMILES string of the molecule is O=C(NCC1COc2ccccc2O1)c1cccnc1N1CCCCC1. The molecule has 2 aliphatic heterocycles. The minimum atomic E-state index is -0.205. The van der Waals surface area contributed by atoms with E-state index in [4.69, 9.17) is 9.47 Å². The molecular weight excluding hydrogens is 330 g/mol. The summed E-state index contributed by atoms with van der Waals surface area (Å²) in [6.45, 7) is 2.71. The summed E-state index contributed by atoms with van der Waals surface area (Å²) in [5.41, 5.74) is 0.617. The number of anilines is 1. The molecule has 6 nitrogen and oxygen atoms in total. The number of hydrogen-bond acceptors (Lipinski definition) is 5. The Morgan fingerprint density at radius 2 is 1.92 bits per heavy atom. The molecule has 1 amide bonds. The minimum Gasteiger partial charge on any atom is -0.486 e. The van der Waals surface area contributed by atoms with Crippen LogP contribution in [0, 0.1) is 0 Å². The number of carbonyl (C=O) groups excluding carboxylic acids is 1. The molecule has 0 saturated carbocycles. The molecule has 1 aromatic heterocycles. The first-order valence-corrected chi connectivity index (χ1v) is 9.18. The molecule has 1 N–H and O–H groups in total. The van der Waals surface area contributed by atoms with Gasteiger partial charge in [-0.3, -0.25) is 4.79 Å². The van der Waals surface area contributed by atoms with Gasteiger partial charge in [0.1, 0.15) is 18.5 Å². The van der Waals surface area contributed by atoms with Gasteiger partial charge in [0, 0.05) is 19.3 Å². The van der Waals surface area contributed by atoms with Crippen molar-refractivity contribution in [2.24, 2.45) is 0 Å². The Bertz CT molecular complexity index is 774. The second-order valence-corrected chi connectivity index (χ2v) is 6.63. The summed E-state index contributed by atoms with van der Waals surface area (Å²) >= 11 is 0. The van der Waals surface area contributed by atoms with Gasteiger partial charge in [-0.25, -0.2) is 4.98 Å². The number of ether oxygens (including phenoxy) is 2. The summed E-state index contributed by atoms with van der Waals surface area (Å²) in [5.74, 6) is 2.11. The first kappa shape index (κ1) is 16.7. The van der Waals surface area contributed by atoms with Crippen LogP contribution >= 0.6 is 0 Å². The van der Waals surface area contributed by atoms with Crippen molar-refractivity contribution in [1.29, 1.82) is 0 Å². The Balaban J connectivity index is 1.40. The van der Waals surface area contributed by atoms with Gasteiger partial charge in [0.2, 0.25) is 0 Å². The number of amides is 1. The van der Waals surface area contributed by atoms with Crippen LogP contribution in [0.3, 0.4) is 0 Å². The molecule has 1 saturated heterocycles. The van der Waals surface area contributed by atoms with Crippen LogP contribution < -0.4 is 19.7 Å². The van der Waals surface area contributed by atoms with Gasteiger partial charge in [-0.1, -0.05) is 12.1 Å². The smallest absolute Gasteiger partial charge is 0.255 e. The molecule has 3 heterocycles. The van der Waals surface area contributed by atoms with E-state index in [2.05, 4.69) is 15.2 Å². The third kappa shape index (κ3) is 3.59. The Morgan fingerprint density at radius 1 is 1.12 bits per heavy atom. The van der Waals surface area contributed by atoms with Gasteiger partial charge in [-0.15, -0.1) is 0 Å². The largest absolute Gasteiger partial charge is 0.486 e. The van der Waals surface area contributed by atoms with Crippen molar-refractivity contribution in [1.82, 2.24) is 10.3 Å². The maximum Gasteiger partial charge on any atom is 0.255 e. The zero-order valence-electron chi connectivity index (χ0n) is 14.7. The molecular formula is C20H23N3O3. The van der Waals surface area contributed by atoms with Gasteiger partial charge in [0.15, 0.2) is 11.5 Å². The van der Waals surface area contributed by atoms with Crippen LogP contribution in [0.4, 0.5) is 5.82 Å². The summed E-state index contributed by atoms with van der Waals surface area (Å²) in [7, 11) is 0. The van der Waals surface area contributed by atoms with E-state index in [-0.39, 0.29) is 12.0 Å². The molecule has 2 aliphatic rings. The highest BCUT2D eigenvalue weighted by Gasteiger charge is 2.23. The number of carbonyl (C=O) groups is 1. The average Bonchev–Trinajstić information content (AvgIpc) is 2.72. The van der Waals surface area contributed by atoms with Crippen LogP contribution in [0.15, 0.2) is 42.6 Å². The van der Waals surface area contributed by atoms with Gasteiger partial charge in [-0.05, 0) is 43.5 Å². The van der Waals surface area contributed by atoms with Crippen LogP contribution in [0.2, 0.25) is 0 Å². The topological polar surface area (TPSA) is 63.7 Å². The van der Waals surface area contributed by atoms with E-state index < -0.39 is 0 Å². The summed E-state index contributed by atoms with van der Waals surface area (Å²) in [4.78, 5) is 19.4. The Kier molecular flexibility index (Phi) is 4.91. The molecule has 26 heavy (non-hydrogen) atoms. The van der Waals surface area contributed by atoms with Gasteiger partial charge in [0.25, 0.3) is 5.91 Å². The van der Waals surface area contributed by atoms with E-state index in [1.807, 2.05) is 30.3 Å². The number of piperidine rings is 1. The number of hydrogen-bond donors (Lipinski definition) is 1. The fourth-order valence-corrected chi connectivity index (χ4v) is 3.40. The van der Waals surface area contributed by atoms with Gasteiger partial charge in [0.05, 0.1) is 12.1 Å². The summed E-state index contributed by atoms with van der Waals surface area (Å²) in [6.07, 6.45) is 5.07. The number of rotatable bonds is 4. The Hall–Kier alpha value is -2.76. The van der Waals surface area contributed by atoms with Crippen molar-refractivity contribution < 1.29 is 14.3 Å². The lowest BCUT2D eigenvalue weighted by molar-refractivity contribution is 0.0789. The van der Waals surface area contributed by atoms with E-state index in [0.29, 0.717) is 24.5 Å². The summed E-state index contributed by atoms with van der Waals surface area (Å²) in [5, 5.41) is 2.97. The summed E-state index contributed by atoms with van der Waals surface area (Å²) < 4.78 is 11.6. The van der Waals surface area contributed by atoms with Gasteiger partial charge in [-0.2, -0.15) is 0 Å². The fourth-order valence-electron chi connectivity index (χ4n) is 3.40. The quantitative estimate of drug-likeness (QED) is 0.915. The maximum atomic E-state index is 12.7. The second-order valence-electron chi connectivity index (χ2n) is 6.63. The van der Waals surface area contributed by atoms with Crippen molar-refractivity contribution in [3.05, 3.63) is 48.2 Å². The van der Waals surface area contributed by atoms with Crippen molar-refractivity contribution in [3.63, 3.8) is 0 Å². The van der Waals surface area contributed by atoms with E-state index in [9.17, 15) is 4.79 Å². The molecule has 1 aromatic carbocycles. The second kappa shape index (κ2) is 7.64. The lowest BCUT2D eigenvalue weighted by Crippen LogP contribution is -2.41. The van der Waals surface area contributed by atoms with Crippen molar-refractivity contribution in [2.45, 2.75) is 25.4 Å². The number of fused-ring (bicyclic) bond motifs is 1. The van der Waals surface area contributed by atoms with Crippen LogP contribution in [0.5, 0.6) is 11.5 Å². The molecule has 2 aromatic rings. The molecule has 1 atom stereocenters. The molecule has 1 unspecified atom stereocenters.